The van der Waals surface area contributed by atoms with Crippen molar-refractivity contribution in [2.24, 2.45) is 12.8 Å². The van der Waals surface area contributed by atoms with Crippen molar-refractivity contribution in [1.29, 1.82) is 0 Å². The van der Waals surface area contributed by atoms with Crippen LogP contribution in [-0.2, 0) is 13.5 Å². The molecule has 0 saturated carbocycles. The summed E-state index contributed by atoms with van der Waals surface area (Å²) in [5.74, 6) is 1.16. The first kappa shape index (κ1) is 11.6. The number of aryl methyl sites for hydroxylation is 1. The Morgan fingerprint density at radius 3 is 2.81 bits per heavy atom. The maximum Gasteiger partial charge on any atom is 0.109 e. The lowest BCUT2D eigenvalue weighted by molar-refractivity contribution is 0.0646. The van der Waals surface area contributed by atoms with E-state index in [0.717, 1.165) is 38.3 Å². The number of imidazole rings is 1. The Morgan fingerprint density at radius 2 is 2.25 bits per heavy atom. The summed E-state index contributed by atoms with van der Waals surface area (Å²) >= 11 is 0. The maximum atomic E-state index is 6.22. The summed E-state index contributed by atoms with van der Waals surface area (Å²) in [7, 11) is 2.04. The Labute approximate surface area is 97.4 Å². The minimum Gasteiger partial charge on any atom is -0.338 e. The van der Waals surface area contributed by atoms with Gasteiger partial charge in [-0.2, -0.15) is 0 Å². The standard InChI is InChI=1S/C12H22N4/c1-3-5-12(13)9-16(10-12)7-4-11-14-6-8-15(11)2/h6,8H,3-5,7,9-10,13H2,1-2H3. The normalized spacial score (nSPS) is 19.7. The fourth-order valence-electron chi connectivity index (χ4n) is 2.55. The van der Waals surface area contributed by atoms with E-state index in [1.165, 1.54) is 6.42 Å². The zero-order chi connectivity index (χ0) is 11.6. The number of hydrogen-bond donors (Lipinski definition) is 1. The molecule has 0 spiro atoms. The van der Waals surface area contributed by atoms with Crippen LogP contribution in [0.3, 0.4) is 0 Å². The molecule has 0 unspecified atom stereocenters. The predicted octanol–water partition coefficient (Wildman–Crippen LogP) is 0.776. The zero-order valence-corrected chi connectivity index (χ0v) is 10.3. The quantitative estimate of drug-likeness (QED) is 0.800. The van der Waals surface area contributed by atoms with Crippen LogP contribution in [0.15, 0.2) is 12.4 Å². The smallest absolute Gasteiger partial charge is 0.109 e. The maximum absolute atomic E-state index is 6.22. The molecule has 0 atom stereocenters. The Morgan fingerprint density at radius 1 is 1.50 bits per heavy atom. The molecule has 1 aromatic rings. The molecule has 1 saturated heterocycles. The Hall–Kier alpha value is -0.870. The van der Waals surface area contributed by atoms with E-state index in [0.29, 0.717) is 0 Å². The van der Waals surface area contributed by atoms with Crippen molar-refractivity contribution in [2.75, 3.05) is 19.6 Å². The van der Waals surface area contributed by atoms with Crippen LogP contribution in [0.2, 0.25) is 0 Å². The SMILES string of the molecule is CCCC1(N)CN(CCc2nccn2C)C1. The molecule has 4 heteroatoms. The van der Waals surface area contributed by atoms with E-state index in [1.807, 2.05) is 19.4 Å². The van der Waals surface area contributed by atoms with Crippen LogP contribution in [0.5, 0.6) is 0 Å². The highest BCUT2D eigenvalue weighted by atomic mass is 15.2. The third-order valence-corrected chi connectivity index (χ3v) is 3.40. The predicted molar refractivity (Wildman–Crippen MR) is 65.2 cm³/mol. The molecule has 2 heterocycles. The molecule has 4 nitrogen and oxygen atoms in total. The van der Waals surface area contributed by atoms with E-state index >= 15 is 0 Å². The number of nitrogens with two attached hydrogens (primary N) is 1. The molecule has 1 aromatic heterocycles. The molecule has 2 rings (SSSR count). The van der Waals surface area contributed by atoms with Gasteiger partial charge in [0.2, 0.25) is 0 Å². The summed E-state index contributed by atoms with van der Waals surface area (Å²) in [6, 6.07) is 0. The Kier molecular flexibility index (Phi) is 3.30. The van der Waals surface area contributed by atoms with Crippen molar-refractivity contribution in [3.63, 3.8) is 0 Å². The number of rotatable bonds is 5. The van der Waals surface area contributed by atoms with Crippen molar-refractivity contribution in [2.45, 2.75) is 31.7 Å². The second-order valence-electron chi connectivity index (χ2n) is 5.03. The van der Waals surface area contributed by atoms with Gasteiger partial charge >= 0.3 is 0 Å². The van der Waals surface area contributed by atoms with Crippen molar-refractivity contribution >= 4 is 0 Å². The molecular weight excluding hydrogens is 200 g/mol. The first-order chi connectivity index (χ1) is 7.63. The van der Waals surface area contributed by atoms with E-state index in [4.69, 9.17) is 5.73 Å². The van der Waals surface area contributed by atoms with Gasteiger partial charge in [0, 0.05) is 51.0 Å². The highest BCUT2D eigenvalue weighted by Crippen LogP contribution is 2.22. The lowest BCUT2D eigenvalue weighted by Gasteiger charge is -2.48. The molecule has 2 N–H and O–H groups in total. The van der Waals surface area contributed by atoms with Gasteiger partial charge < -0.3 is 10.3 Å². The second-order valence-corrected chi connectivity index (χ2v) is 5.03. The molecular formula is C12H22N4. The van der Waals surface area contributed by atoms with Crippen molar-refractivity contribution in [3.8, 4) is 0 Å². The lowest BCUT2D eigenvalue weighted by atomic mass is 9.86. The fraction of sp³-hybridized carbons (Fsp3) is 0.750. The largest absolute Gasteiger partial charge is 0.338 e. The van der Waals surface area contributed by atoms with Crippen molar-refractivity contribution in [3.05, 3.63) is 18.2 Å². The molecule has 1 aliphatic heterocycles. The lowest BCUT2D eigenvalue weighted by Crippen LogP contribution is -2.67. The summed E-state index contributed by atoms with van der Waals surface area (Å²) < 4.78 is 2.08. The van der Waals surface area contributed by atoms with Crippen LogP contribution in [0.1, 0.15) is 25.6 Å². The summed E-state index contributed by atoms with van der Waals surface area (Å²) in [5.41, 5.74) is 6.31. The Balaban J connectivity index is 1.72. The van der Waals surface area contributed by atoms with Crippen LogP contribution >= 0.6 is 0 Å². The van der Waals surface area contributed by atoms with Gasteiger partial charge in [0.1, 0.15) is 5.82 Å². The first-order valence-corrected chi connectivity index (χ1v) is 6.10. The highest BCUT2D eigenvalue weighted by molar-refractivity contribution is 5.01. The third-order valence-electron chi connectivity index (χ3n) is 3.40. The summed E-state index contributed by atoms with van der Waals surface area (Å²) in [6.45, 7) is 5.37. The van der Waals surface area contributed by atoms with E-state index in [9.17, 15) is 0 Å². The number of nitrogens with zero attached hydrogens (tertiary/aromatic N) is 3. The Bertz CT molecular complexity index is 339. The van der Waals surface area contributed by atoms with Crippen molar-refractivity contribution in [1.82, 2.24) is 14.5 Å². The molecule has 0 aromatic carbocycles. The van der Waals surface area contributed by atoms with Crippen LogP contribution < -0.4 is 5.73 Å². The molecule has 0 amide bonds. The van der Waals surface area contributed by atoms with Gasteiger partial charge in [0.15, 0.2) is 0 Å². The van der Waals surface area contributed by atoms with Gasteiger partial charge in [-0.1, -0.05) is 13.3 Å². The summed E-state index contributed by atoms with van der Waals surface area (Å²) in [5, 5.41) is 0. The highest BCUT2D eigenvalue weighted by Gasteiger charge is 2.37. The van der Waals surface area contributed by atoms with Crippen LogP contribution in [-0.4, -0.2) is 39.6 Å². The van der Waals surface area contributed by atoms with Crippen molar-refractivity contribution < 1.29 is 0 Å². The average Bonchev–Trinajstić information content (AvgIpc) is 2.58. The molecule has 0 bridgehead atoms. The monoisotopic (exact) mass is 222 g/mol. The van der Waals surface area contributed by atoms with Gasteiger partial charge in [0.25, 0.3) is 0 Å². The number of hydrogen-bond acceptors (Lipinski definition) is 3. The topological polar surface area (TPSA) is 47.1 Å². The molecule has 0 radical (unpaired) electrons. The van der Waals surface area contributed by atoms with Crippen LogP contribution in [0.25, 0.3) is 0 Å². The second kappa shape index (κ2) is 4.55. The molecule has 90 valence electrons. The van der Waals surface area contributed by atoms with E-state index in [-0.39, 0.29) is 5.54 Å². The number of likely N-dealkylation sites (tertiary alicyclic amines) is 1. The third kappa shape index (κ3) is 2.44. The fourth-order valence-corrected chi connectivity index (χ4v) is 2.55. The van der Waals surface area contributed by atoms with E-state index in [2.05, 4.69) is 21.4 Å². The molecule has 1 fully saturated rings. The first-order valence-electron chi connectivity index (χ1n) is 6.10. The minimum absolute atomic E-state index is 0.0936. The zero-order valence-electron chi connectivity index (χ0n) is 10.3. The van der Waals surface area contributed by atoms with E-state index in [1.54, 1.807) is 0 Å². The van der Waals surface area contributed by atoms with Crippen LogP contribution in [0, 0.1) is 0 Å². The molecule has 1 aliphatic rings. The summed E-state index contributed by atoms with van der Waals surface area (Å²) in [6.07, 6.45) is 7.20. The van der Waals surface area contributed by atoms with Gasteiger partial charge in [-0.15, -0.1) is 0 Å². The summed E-state index contributed by atoms with van der Waals surface area (Å²) in [4.78, 5) is 6.74. The van der Waals surface area contributed by atoms with Gasteiger partial charge in [-0.25, -0.2) is 4.98 Å². The molecule has 16 heavy (non-hydrogen) atoms. The van der Waals surface area contributed by atoms with Gasteiger partial charge in [-0.3, -0.25) is 4.90 Å². The minimum atomic E-state index is 0.0936. The van der Waals surface area contributed by atoms with Crippen LogP contribution in [0.4, 0.5) is 0 Å². The van der Waals surface area contributed by atoms with Gasteiger partial charge in [-0.05, 0) is 6.42 Å². The average molecular weight is 222 g/mol. The molecule has 0 aliphatic carbocycles. The van der Waals surface area contributed by atoms with Gasteiger partial charge in [0.05, 0.1) is 0 Å². The van der Waals surface area contributed by atoms with E-state index < -0.39 is 0 Å². The number of aromatic nitrogens is 2.